The summed E-state index contributed by atoms with van der Waals surface area (Å²) in [4.78, 5) is 26.2. The Kier molecular flexibility index (Phi) is 7.71. The molecule has 0 radical (unpaired) electrons. The summed E-state index contributed by atoms with van der Waals surface area (Å²) in [6.45, 7) is 3.90. The van der Waals surface area contributed by atoms with E-state index in [0.29, 0.717) is 17.7 Å². The number of carbonyl (C=O) groups excluding carboxylic acids is 2. The summed E-state index contributed by atoms with van der Waals surface area (Å²) in [6.07, 6.45) is 0.687. The highest BCUT2D eigenvalue weighted by atomic mass is 79.9. The number of hydrogen-bond donors (Lipinski definition) is 2. The summed E-state index contributed by atoms with van der Waals surface area (Å²) < 4.78 is 0.964. The van der Waals surface area contributed by atoms with Crippen LogP contribution in [0.2, 0.25) is 0 Å². The molecule has 0 aliphatic rings. The lowest BCUT2D eigenvalue weighted by atomic mass is 10.1. The molecular weight excluding hydrogens is 460 g/mol. The Morgan fingerprint density at radius 1 is 0.933 bits per heavy atom. The number of benzene rings is 3. The first kappa shape index (κ1) is 22.1. The van der Waals surface area contributed by atoms with E-state index in [0.717, 1.165) is 20.6 Å². The second kappa shape index (κ2) is 10.5. The largest absolute Gasteiger partial charge is 0.325 e. The van der Waals surface area contributed by atoms with Crippen molar-refractivity contribution < 1.29 is 9.59 Å². The van der Waals surface area contributed by atoms with E-state index in [1.165, 1.54) is 11.8 Å². The van der Waals surface area contributed by atoms with Gasteiger partial charge in [-0.2, -0.15) is 0 Å². The molecule has 0 bridgehead atoms. The zero-order valence-corrected chi connectivity index (χ0v) is 19.2. The Balaban J connectivity index is 1.67. The van der Waals surface area contributed by atoms with Crippen molar-refractivity contribution in [3.8, 4) is 0 Å². The van der Waals surface area contributed by atoms with Crippen molar-refractivity contribution in [3.05, 3.63) is 88.4 Å². The predicted octanol–water partition coefficient (Wildman–Crippen LogP) is 6.52. The second-order valence-corrected chi connectivity index (χ2v) is 9.00. The molecule has 0 heterocycles. The molecular formula is C24H23BrN2O2S. The van der Waals surface area contributed by atoms with Crippen LogP contribution in [0.1, 0.15) is 29.3 Å². The first-order chi connectivity index (χ1) is 14.5. The van der Waals surface area contributed by atoms with Crippen LogP contribution in [0.15, 0.2) is 82.2 Å². The molecule has 0 aromatic heterocycles. The third-order valence-electron chi connectivity index (χ3n) is 4.53. The van der Waals surface area contributed by atoms with Gasteiger partial charge in [0.05, 0.1) is 5.25 Å². The molecule has 1 atom stereocenters. The molecule has 0 aliphatic heterocycles. The number of halogens is 1. The normalized spacial score (nSPS) is 11.6. The van der Waals surface area contributed by atoms with E-state index in [4.69, 9.17) is 0 Å². The minimum absolute atomic E-state index is 0.0424. The molecule has 154 valence electrons. The van der Waals surface area contributed by atoms with Crippen molar-refractivity contribution in [2.24, 2.45) is 0 Å². The van der Waals surface area contributed by atoms with Gasteiger partial charge >= 0.3 is 0 Å². The van der Waals surface area contributed by atoms with Gasteiger partial charge in [-0.25, -0.2) is 0 Å². The second-order valence-electron chi connectivity index (χ2n) is 6.81. The van der Waals surface area contributed by atoms with Crippen molar-refractivity contribution in [2.45, 2.75) is 30.4 Å². The predicted molar refractivity (Wildman–Crippen MR) is 128 cm³/mol. The Bertz CT molecular complexity index is 1040. The highest BCUT2D eigenvalue weighted by Crippen LogP contribution is 2.29. The third-order valence-corrected chi connectivity index (χ3v) is 6.42. The molecule has 30 heavy (non-hydrogen) atoms. The Morgan fingerprint density at radius 3 is 2.37 bits per heavy atom. The number of rotatable bonds is 7. The quantitative estimate of drug-likeness (QED) is 0.376. The van der Waals surface area contributed by atoms with Crippen molar-refractivity contribution in [1.82, 2.24) is 0 Å². The Morgan fingerprint density at radius 2 is 1.67 bits per heavy atom. The van der Waals surface area contributed by atoms with Gasteiger partial charge < -0.3 is 10.6 Å². The van der Waals surface area contributed by atoms with Crippen LogP contribution >= 0.6 is 27.7 Å². The first-order valence-corrected chi connectivity index (χ1v) is 11.3. The van der Waals surface area contributed by atoms with E-state index in [1.807, 2.05) is 86.6 Å². The average molecular weight is 483 g/mol. The van der Waals surface area contributed by atoms with Gasteiger partial charge in [0.25, 0.3) is 5.91 Å². The third kappa shape index (κ3) is 5.97. The molecule has 1 unspecified atom stereocenters. The van der Waals surface area contributed by atoms with E-state index in [-0.39, 0.29) is 17.1 Å². The van der Waals surface area contributed by atoms with Gasteiger partial charge in [-0.05, 0) is 67.4 Å². The molecule has 0 saturated heterocycles. The molecule has 0 aliphatic carbocycles. The number of amides is 2. The minimum Gasteiger partial charge on any atom is -0.325 e. The Labute approximate surface area is 189 Å². The van der Waals surface area contributed by atoms with Crippen molar-refractivity contribution >= 4 is 50.9 Å². The lowest BCUT2D eigenvalue weighted by Crippen LogP contribution is -2.24. The summed E-state index contributed by atoms with van der Waals surface area (Å²) in [5, 5.41) is 5.67. The van der Waals surface area contributed by atoms with Gasteiger partial charge in [0, 0.05) is 26.3 Å². The van der Waals surface area contributed by atoms with E-state index >= 15 is 0 Å². The lowest BCUT2D eigenvalue weighted by Gasteiger charge is -2.15. The number of aryl methyl sites for hydroxylation is 1. The fraction of sp³-hybridized carbons (Fsp3) is 0.167. The van der Waals surface area contributed by atoms with Crippen LogP contribution in [0, 0.1) is 6.92 Å². The van der Waals surface area contributed by atoms with Crippen molar-refractivity contribution in [3.63, 3.8) is 0 Å². The molecule has 2 amide bonds. The van der Waals surface area contributed by atoms with Gasteiger partial charge in [-0.15, -0.1) is 11.8 Å². The molecule has 4 nitrogen and oxygen atoms in total. The lowest BCUT2D eigenvalue weighted by molar-refractivity contribution is -0.115. The highest BCUT2D eigenvalue weighted by Gasteiger charge is 2.18. The van der Waals surface area contributed by atoms with Crippen LogP contribution in [0.4, 0.5) is 11.4 Å². The zero-order chi connectivity index (χ0) is 21.5. The maximum Gasteiger partial charge on any atom is 0.255 e. The minimum atomic E-state index is -0.240. The summed E-state index contributed by atoms with van der Waals surface area (Å²) >= 11 is 4.88. The standard InChI is InChI=1S/C24H23BrN2O2S/c1-3-22(24(29)26-18-13-11-17(25)12-14-18)30-20-9-6-8-19(15-20)27-23(28)21-10-5-4-7-16(21)2/h4-15,22H,3H2,1-2H3,(H,26,29)(H,27,28). The summed E-state index contributed by atoms with van der Waals surface area (Å²) in [5.41, 5.74) is 3.05. The SMILES string of the molecule is CCC(Sc1cccc(NC(=O)c2ccccc2C)c1)C(=O)Nc1ccc(Br)cc1. The monoisotopic (exact) mass is 482 g/mol. The summed E-state index contributed by atoms with van der Waals surface area (Å²) in [6, 6.07) is 22.6. The molecule has 3 aromatic carbocycles. The van der Waals surface area contributed by atoms with Crippen LogP contribution in [0.25, 0.3) is 0 Å². The van der Waals surface area contributed by atoms with Gasteiger partial charge in [0.1, 0.15) is 0 Å². The van der Waals surface area contributed by atoms with Gasteiger partial charge in [-0.3, -0.25) is 9.59 Å². The number of hydrogen-bond acceptors (Lipinski definition) is 3. The van der Waals surface area contributed by atoms with Crippen molar-refractivity contribution in [2.75, 3.05) is 10.6 Å². The van der Waals surface area contributed by atoms with Crippen LogP contribution < -0.4 is 10.6 Å². The molecule has 0 fully saturated rings. The van der Waals surface area contributed by atoms with Crippen LogP contribution in [0.3, 0.4) is 0 Å². The topological polar surface area (TPSA) is 58.2 Å². The molecule has 6 heteroatoms. The van der Waals surface area contributed by atoms with E-state index < -0.39 is 0 Å². The highest BCUT2D eigenvalue weighted by molar-refractivity contribution is 9.10. The van der Waals surface area contributed by atoms with Gasteiger partial charge in [-0.1, -0.05) is 47.1 Å². The molecule has 0 saturated carbocycles. The fourth-order valence-corrected chi connectivity index (χ4v) is 4.19. The van der Waals surface area contributed by atoms with Crippen LogP contribution in [-0.4, -0.2) is 17.1 Å². The molecule has 3 rings (SSSR count). The molecule has 3 aromatic rings. The van der Waals surface area contributed by atoms with Crippen LogP contribution in [-0.2, 0) is 4.79 Å². The van der Waals surface area contributed by atoms with Crippen molar-refractivity contribution in [1.29, 1.82) is 0 Å². The fourth-order valence-electron chi connectivity index (χ4n) is 2.92. The average Bonchev–Trinajstić information content (AvgIpc) is 2.74. The van der Waals surface area contributed by atoms with E-state index in [1.54, 1.807) is 0 Å². The molecule has 0 spiro atoms. The van der Waals surface area contributed by atoms with Crippen LogP contribution in [0.5, 0.6) is 0 Å². The number of anilines is 2. The molecule has 2 N–H and O–H groups in total. The maximum absolute atomic E-state index is 12.7. The summed E-state index contributed by atoms with van der Waals surface area (Å²) in [7, 11) is 0. The van der Waals surface area contributed by atoms with E-state index in [9.17, 15) is 9.59 Å². The van der Waals surface area contributed by atoms with E-state index in [2.05, 4.69) is 26.6 Å². The van der Waals surface area contributed by atoms with Gasteiger partial charge in [0.15, 0.2) is 0 Å². The Hall–Kier alpha value is -2.57. The summed E-state index contributed by atoms with van der Waals surface area (Å²) in [5.74, 6) is -0.186. The smallest absolute Gasteiger partial charge is 0.255 e. The zero-order valence-electron chi connectivity index (χ0n) is 16.8. The van der Waals surface area contributed by atoms with Gasteiger partial charge in [0.2, 0.25) is 5.91 Å². The number of nitrogens with one attached hydrogen (secondary N) is 2. The maximum atomic E-state index is 12.7. The number of carbonyl (C=O) groups is 2. The number of thioether (sulfide) groups is 1. The first-order valence-electron chi connectivity index (χ1n) is 9.66.